The lowest BCUT2D eigenvalue weighted by atomic mass is 10.1. The van der Waals surface area contributed by atoms with E-state index in [-0.39, 0.29) is 0 Å². The minimum absolute atomic E-state index is 0.429. The lowest BCUT2D eigenvalue weighted by molar-refractivity contribution is 0.0397. The van der Waals surface area contributed by atoms with Gasteiger partial charge in [-0.2, -0.15) is 0 Å². The molecule has 0 saturated carbocycles. The fraction of sp³-hybridized carbons (Fsp3) is 0.200. The summed E-state index contributed by atoms with van der Waals surface area (Å²) in [5.74, 6) is 0. The van der Waals surface area contributed by atoms with Gasteiger partial charge in [0.15, 0.2) is 0 Å². The molecule has 2 rings (SSSR count). The zero-order valence-electron chi connectivity index (χ0n) is 6.87. The molecule has 2 heteroatoms. The van der Waals surface area contributed by atoms with Crippen LogP contribution in [-0.4, -0.2) is 0 Å². The highest BCUT2D eigenvalue weighted by atomic mass is 16.5. The van der Waals surface area contributed by atoms with Gasteiger partial charge in [-0.25, -0.2) is 0 Å². The monoisotopic (exact) mass is 160 g/mol. The van der Waals surface area contributed by atoms with E-state index in [0.717, 1.165) is 5.56 Å². The summed E-state index contributed by atoms with van der Waals surface area (Å²) in [5.41, 5.74) is 0.674. The van der Waals surface area contributed by atoms with Gasteiger partial charge in [0.1, 0.15) is 6.26 Å². The summed E-state index contributed by atoms with van der Waals surface area (Å²) < 4.78 is 5.38. The van der Waals surface area contributed by atoms with Crippen LogP contribution >= 0.6 is 0 Å². The molecule has 0 fully saturated rings. The Labute approximate surface area is 71.9 Å². The number of hydrogen-bond donors (Lipinski definition) is 1. The van der Waals surface area contributed by atoms with Crippen LogP contribution in [0.15, 0.2) is 36.6 Å². The molecule has 1 atom stereocenters. The van der Waals surface area contributed by atoms with Crippen molar-refractivity contribution in [3.63, 3.8) is 0 Å². The second-order valence-electron chi connectivity index (χ2n) is 2.90. The third-order valence-electron chi connectivity index (χ3n) is 1.99. The van der Waals surface area contributed by atoms with Crippen LogP contribution in [0.25, 0.3) is 0 Å². The second kappa shape index (κ2) is 2.55. The summed E-state index contributed by atoms with van der Waals surface area (Å²) in [4.78, 5) is 0. The van der Waals surface area contributed by atoms with Crippen LogP contribution in [0.5, 0.6) is 0 Å². The molecule has 1 unspecified atom stereocenters. The van der Waals surface area contributed by atoms with E-state index >= 15 is 0 Å². The van der Waals surface area contributed by atoms with Crippen molar-refractivity contribution in [3.05, 3.63) is 48.4 Å². The van der Waals surface area contributed by atoms with Crippen molar-refractivity contribution in [1.29, 1.82) is 0 Å². The topological polar surface area (TPSA) is 21.3 Å². The zero-order chi connectivity index (χ0) is 8.44. The predicted molar refractivity (Wildman–Crippen MR) is 45.8 cm³/mol. The van der Waals surface area contributed by atoms with Gasteiger partial charge in [0.2, 0.25) is 5.72 Å². The van der Waals surface area contributed by atoms with E-state index in [9.17, 15) is 0 Å². The molecule has 1 aliphatic heterocycles. The Morgan fingerprint density at radius 2 is 2.08 bits per heavy atom. The first-order valence-corrected chi connectivity index (χ1v) is 3.89. The van der Waals surface area contributed by atoms with Gasteiger partial charge < -0.3 is 10.1 Å². The Hall–Kier alpha value is -1.44. The van der Waals surface area contributed by atoms with Crippen LogP contribution in [0, 0.1) is 6.20 Å². The van der Waals surface area contributed by atoms with Crippen molar-refractivity contribution >= 4 is 0 Å². The van der Waals surface area contributed by atoms with Crippen LogP contribution in [0.3, 0.4) is 0 Å². The summed E-state index contributed by atoms with van der Waals surface area (Å²) >= 11 is 0. The minimum Gasteiger partial charge on any atom is -0.470 e. The molecule has 0 amide bonds. The molecule has 0 saturated heterocycles. The zero-order valence-corrected chi connectivity index (χ0v) is 6.87. The third-order valence-corrected chi connectivity index (χ3v) is 1.99. The number of hydrogen-bond acceptors (Lipinski definition) is 2. The maximum Gasteiger partial charge on any atom is 0.203 e. The number of rotatable bonds is 1. The van der Waals surface area contributed by atoms with E-state index in [1.165, 1.54) is 0 Å². The minimum atomic E-state index is -0.429. The van der Waals surface area contributed by atoms with E-state index in [2.05, 4.69) is 11.5 Å². The number of nitrogens with one attached hydrogen (secondary N) is 1. The molecule has 12 heavy (non-hydrogen) atoms. The lowest BCUT2D eigenvalue weighted by Crippen LogP contribution is -2.33. The van der Waals surface area contributed by atoms with Gasteiger partial charge in [0, 0.05) is 5.56 Å². The summed E-state index contributed by atoms with van der Waals surface area (Å²) in [6.07, 6.45) is 4.36. The molecule has 1 aromatic rings. The fourth-order valence-electron chi connectivity index (χ4n) is 1.24. The van der Waals surface area contributed by atoms with Gasteiger partial charge in [0.25, 0.3) is 0 Å². The van der Waals surface area contributed by atoms with Gasteiger partial charge >= 0.3 is 0 Å². The molecule has 1 aliphatic rings. The quantitative estimate of drug-likeness (QED) is 0.675. The van der Waals surface area contributed by atoms with Gasteiger partial charge in [-0.1, -0.05) is 30.3 Å². The predicted octanol–water partition coefficient (Wildman–Crippen LogP) is 1.75. The average molecular weight is 160 g/mol. The standard InChI is InChI=1S/C10H10NO/c1-10(11-7-8-12-10)9-5-3-2-4-6-9/h2-6,8,11H,1H3. The Kier molecular flexibility index (Phi) is 1.54. The van der Waals surface area contributed by atoms with E-state index < -0.39 is 5.72 Å². The lowest BCUT2D eigenvalue weighted by Gasteiger charge is -2.24. The summed E-state index contributed by atoms with van der Waals surface area (Å²) in [5, 5.41) is 3.02. The first kappa shape index (κ1) is 7.22. The van der Waals surface area contributed by atoms with E-state index in [4.69, 9.17) is 4.74 Å². The maximum absolute atomic E-state index is 5.38. The molecule has 1 aromatic carbocycles. The molecule has 0 aromatic heterocycles. The smallest absolute Gasteiger partial charge is 0.203 e. The molecule has 1 N–H and O–H groups in total. The van der Waals surface area contributed by atoms with Gasteiger partial charge in [-0.05, 0) is 6.92 Å². The van der Waals surface area contributed by atoms with Crippen molar-refractivity contribution in [2.24, 2.45) is 0 Å². The van der Waals surface area contributed by atoms with Crippen LogP contribution in [0.1, 0.15) is 12.5 Å². The first-order valence-electron chi connectivity index (χ1n) is 3.89. The summed E-state index contributed by atoms with van der Waals surface area (Å²) in [7, 11) is 0. The SMILES string of the molecule is CC1(c2ccccc2)N[C]=CO1. The van der Waals surface area contributed by atoms with Crippen LogP contribution in [-0.2, 0) is 10.5 Å². The van der Waals surface area contributed by atoms with Gasteiger partial charge in [-0.15, -0.1) is 0 Å². The number of ether oxygens (including phenoxy) is 1. The Morgan fingerprint density at radius 1 is 1.33 bits per heavy atom. The third kappa shape index (κ3) is 1.05. The van der Waals surface area contributed by atoms with Crippen LogP contribution < -0.4 is 5.32 Å². The van der Waals surface area contributed by atoms with Crippen molar-refractivity contribution in [2.75, 3.05) is 0 Å². The molecule has 2 nitrogen and oxygen atoms in total. The van der Waals surface area contributed by atoms with Crippen molar-refractivity contribution in [1.82, 2.24) is 5.32 Å². The van der Waals surface area contributed by atoms with Crippen LogP contribution in [0.2, 0.25) is 0 Å². The maximum atomic E-state index is 5.38. The molecule has 1 heterocycles. The highest BCUT2D eigenvalue weighted by molar-refractivity contribution is 5.22. The molecular weight excluding hydrogens is 150 g/mol. The molecular formula is C10H10NO. The molecule has 0 aliphatic carbocycles. The highest BCUT2D eigenvalue weighted by Gasteiger charge is 2.28. The normalized spacial score (nSPS) is 26.4. The molecule has 0 bridgehead atoms. The first-order chi connectivity index (χ1) is 5.81. The fourth-order valence-corrected chi connectivity index (χ4v) is 1.24. The molecule has 1 radical (unpaired) electrons. The van der Waals surface area contributed by atoms with Gasteiger partial charge in [0.05, 0.1) is 6.20 Å². The van der Waals surface area contributed by atoms with Crippen LogP contribution in [0.4, 0.5) is 0 Å². The van der Waals surface area contributed by atoms with Crippen molar-refractivity contribution in [3.8, 4) is 0 Å². The Balaban J connectivity index is 2.31. The average Bonchev–Trinajstić information content (AvgIpc) is 2.55. The summed E-state index contributed by atoms with van der Waals surface area (Å²) in [6, 6.07) is 10.0. The largest absolute Gasteiger partial charge is 0.470 e. The molecule has 61 valence electrons. The Bertz CT molecular complexity index is 284. The van der Waals surface area contributed by atoms with E-state index in [1.807, 2.05) is 37.3 Å². The van der Waals surface area contributed by atoms with Crippen molar-refractivity contribution in [2.45, 2.75) is 12.6 Å². The van der Waals surface area contributed by atoms with Crippen molar-refractivity contribution < 1.29 is 4.74 Å². The molecule has 0 spiro atoms. The number of benzene rings is 1. The van der Waals surface area contributed by atoms with Gasteiger partial charge in [-0.3, -0.25) is 0 Å². The van der Waals surface area contributed by atoms with E-state index in [0.29, 0.717) is 0 Å². The van der Waals surface area contributed by atoms with E-state index in [1.54, 1.807) is 6.26 Å². The Morgan fingerprint density at radius 3 is 2.67 bits per heavy atom. The summed E-state index contributed by atoms with van der Waals surface area (Å²) in [6.45, 7) is 1.97. The second-order valence-corrected chi connectivity index (χ2v) is 2.90. The highest BCUT2D eigenvalue weighted by Crippen LogP contribution is 2.24.